The number of rotatable bonds is 70. The van der Waals surface area contributed by atoms with Crippen LogP contribution in [0.4, 0.5) is 0 Å². The van der Waals surface area contributed by atoms with Crippen LogP contribution in [0.3, 0.4) is 0 Å². The molecule has 546 valence electrons. The number of phosphoric acid groups is 2. The molecule has 0 heterocycles. The fourth-order valence-electron chi connectivity index (χ4n) is 11.0. The standard InChI is InChI=1S/C73H142O17P2/c1-9-66(8)52-44-36-31-32-40-48-56-73(78)90-69(60-83-70(75)53-45-37-28-22-18-14-12-10-11-13-16-20-25-33-41-49-63(2)3)62-88-92(81,82)86-58-67(74)57-85-91(79,80)87-61-68(59-84-71(76)54-46-38-30-24-27-35-43-51-65(6)7)89-72(77)55-47-39-29-23-19-15-17-21-26-34-42-50-64(4)5/h63-69,74H,9-62H2,1-8H3,(H,79,80)(H,81,82)/t66?,67?,68-,69-/m1/s1. The van der Waals surface area contributed by atoms with Crippen LogP contribution in [0.2, 0.25) is 0 Å². The van der Waals surface area contributed by atoms with E-state index in [0.717, 1.165) is 114 Å². The van der Waals surface area contributed by atoms with Crippen LogP contribution < -0.4 is 0 Å². The van der Waals surface area contributed by atoms with Crippen molar-refractivity contribution in [2.45, 2.75) is 382 Å². The normalized spacial score (nSPS) is 14.5. The Balaban J connectivity index is 5.20. The summed E-state index contributed by atoms with van der Waals surface area (Å²) in [5.41, 5.74) is 0. The molecule has 3 N–H and O–H groups in total. The van der Waals surface area contributed by atoms with Crippen LogP contribution in [0.5, 0.6) is 0 Å². The fraction of sp³-hybridized carbons (Fsp3) is 0.945. The Labute approximate surface area is 562 Å². The number of hydrogen-bond acceptors (Lipinski definition) is 15. The summed E-state index contributed by atoms with van der Waals surface area (Å²) < 4.78 is 68.4. The van der Waals surface area contributed by atoms with Gasteiger partial charge in [-0.15, -0.1) is 0 Å². The second-order valence-corrected chi connectivity index (χ2v) is 30.9. The van der Waals surface area contributed by atoms with E-state index in [1.807, 2.05) is 0 Å². The average Bonchev–Trinajstić information content (AvgIpc) is 2.65. The molecule has 0 aliphatic carbocycles. The zero-order chi connectivity index (χ0) is 68.2. The predicted molar refractivity (Wildman–Crippen MR) is 372 cm³/mol. The third kappa shape index (κ3) is 65.4. The summed E-state index contributed by atoms with van der Waals surface area (Å²) in [6.45, 7) is 14.1. The van der Waals surface area contributed by atoms with Crippen molar-refractivity contribution in [2.24, 2.45) is 23.7 Å². The molecule has 0 aliphatic rings. The molecule has 92 heavy (non-hydrogen) atoms. The summed E-state index contributed by atoms with van der Waals surface area (Å²) in [5.74, 6) is 0.868. The van der Waals surface area contributed by atoms with Crippen LogP contribution in [-0.4, -0.2) is 96.7 Å². The number of ether oxygens (including phenoxy) is 4. The maximum Gasteiger partial charge on any atom is 0.472 e. The molecule has 17 nitrogen and oxygen atoms in total. The minimum Gasteiger partial charge on any atom is -0.462 e. The summed E-state index contributed by atoms with van der Waals surface area (Å²) in [6.07, 6.45) is 46.0. The third-order valence-corrected chi connectivity index (χ3v) is 19.1. The number of phosphoric ester groups is 2. The highest BCUT2D eigenvalue weighted by Crippen LogP contribution is 2.45. The van der Waals surface area contributed by atoms with E-state index >= 15 is 0 Å². The van der Waals surface area contributed by atoms with E-state index in [4.69, 9.17) is 37.0 Å². The number of aliphatic hydroxyl groups excluding tert-OH is 1. The van der Waals surface area contributed by atoms with E-state index < -0.39 is 97.5 Å². The lowest BCUT2D eigenvalue weighted by Gasteiger charge is -2.21. The summed E-state index contributed by atoms with van der Waals surface area (Å²) >= 11 is 0. The lowest BCUT2D eigenvalue weighted by atomic mass is 10.00. The van der Waals surface area contributed by atoms with E-state index in [1.54, 1.807) is 0 Å². The van der Waals surface area contributed by atoms with Crippen molar-refractivity contribution < 1.29 is 80.2 Å². The Morgan fingerprint density at radius 1 is 0.304 bits per heavy atom. The monoisotopic (exact) mass is 1350 g/mol. The van der Waals surface area contributed by atoms with Crippen molar-refractivity contribution in [1.82, 2.24) is 0 Å². The molecule has 0 saturated heterocycles. The molecule has 0 fully saturated rings. The van der Waals surface area contributed by atoms with Gasteiger partial charge >= 0.3 is 39.5 Å². The van der Waals surface area contributed by atoms with Crippen LogP contribution in [0, 0.1) is 23.7 Å². The third-order valence-electron chi connectivity index (χ3n) is 17.2. The topological polar surface area (TPSA) is 237 Å². The Morgan fingerprint density at radius 2 is 0.522 bits per heavy atom. The number of unbranched alkanes of at least 4 members (excludes halogenated alkanes) is 35. The van der Waals surface area contributed by atoms with Crippen molar-refractivity contribution in [2.75, 3.05) is 39.6 Å². The lowest BCUT2D eigenvalue weighted by Crippen LogP contribution is -2.30. The summed E-state index contributed by atoms with van der Waals surface area (Å²) in [5, 5.41) is 10.6. The molecular weight excluding hydrogens is 1210 g/mol. The van der Waals surface area contributed by atoms with Gasteiger partial charge in [0.15, 0.2) is 12.2 Å². The van der Waals surface area contributed by atoms with Gasteiger partial charge in [-0.3, -0.25) is 37.3 Å². The van der Waals surface area contributed by atoms with Crippen molar-refractivity contribution in [1.29, 1.82) is 0 Å². The molecule has 0 rings (SSSR count). The number of aliphatic hydroxyl groups is 1. The Hall–Kier alpha value is -1.94. The van der Waals surface area contributed by atoms with Crippen LogP contribution >= 0.6 is 15.6 Å². The number of carbonyl (C=O) groups is 4. The molecule has 19 heteroatoms. The molecule has 0 aromatic rings. The van der Waals surface area contributed by atoms with Gasteiger partial charge in [0.25, 0.3) is 0 Å². The Bertz CT molecular complexity index is 1820. The van der Waals surface area contributed by atoms with Gasteiger partial charge in [0, 0.05) is 25.7 Å². The largest absolute Gasteiger partial charge is 0.472 e. The average molecular weight is 1350 g/mol. The van der Waals surface area contributed by atoms with Crippen LogP contribution in [0.1, 0.15) is 364 Å². The zero-order valence-corrected chi connectivity index (χ0v) is 62.0. The van der Waals surface area contributed by atoms with Gasteiger partial charge in [0.05, 0.1) is 26.4 Å². The van der Waals surface area contributed by atoms with Crippen LogP contribution in [-0.2, 0) is 65.4 Å². The maximum atomic E-state index is 13.0. The van der Waals surface area contributed by atoms with Gasteiger partial charge in [-0.05, 0) is 49.4 Å². The minimum absolute atomic E-state index is 0.103. The summed E-state index contributed by atoms with van der Waals surface area (Å²) in [6, 6.07) is 0. The van der Waals surface area contributed by atoms with Crippen molar-refractivity contribution >= 4 is 39.5 Å². The molecule has 0 radical (unpaired) electrons. The molecule has 0 aromatic heterocycles. The highest BCUT2D eigenvalue weighted by molar-refractivity contribution is 7.47. The van der Waals surface area contributed by atoms with E-state index in [1.165, 1.54) is 161 Å². The maximum absolute atomic E-state index is 13.0. The van der Waals surface area contributed by atoms with Crippen LogP contribution in [0.25, 0.3) is 0 Å². The SMILES string of the molecule is CCC(C)CCCCCCCCC(=O)O[C@H](COC(=O)CCCCCCCCCCCCCCCCCC(C)C)COP(=O)(O)OCC(O)COP(=O)(O)OC[C@@H](COC(=O)CCCCCCCCCC(C)C)OC(=O)CCCCCCCCCCCCCC(C)C. The quantitative estimate of drug-likeness (QED) is 0.0222. The molecular formula is C73H142O17P2. The van der Waals surface area contributed by atoms with E-state index in [0.29, 0.717) is 31.6 Å². The Kier molecular flexibility index (Phi) is 61.3. The predicted octanol–water partition coefficient (Wildman–Crippen LogP) is 20.9. The van der Waals surface area contributed by atoms with Gasteiger partial charge in [0.2, 0.25) is 0 Å². The minimum atomic E-state index is -4.95. The van der Waals surface area contributed by atoms with Crippen LogP contribution in [0.15, 0.2) is 0 Å². The highest BCUT2D eigenvalue weighted by Gasteiger charge is 2.30. The first kappa shape index (κ1) is 90.1. The first-order chi connectivity index (χ1) is 44.1. The van der Waals surface area contributed by atoms with Gasteiger partial charge in [0.1, 0.15) is 19.3 Å². The lowest BCUT2D eigenvalue weighted by molar-refractivity contribution is -0.161. The second-order valence-electron chi connectivity index (χ2n) is 28.0. The van der Waals surface area contributed by atoms with Gasteiger partial charge in [-0.2, -0.15) is 0 Å². The molecule has 0 aromatic carbocycles. The van der Waals surface area contributed by atoms with Crippen molar-refractivity contribution in [3.8, 4) is 0 Å². The molecule has 0 bridgehead atoms. The molecule has 0 amide bonds. The van der Waals surface area contributed by atoms with Crippen molar-refractivity contribution in [3.63, 3.8) is 0 Å². The fourth-order valence-corrected chi connectivity index (χ4v) is 12.6. The molecule has 6 atom stereocenters. The highest BCUT2D eigenvalue weighted by atomic mass is 31.2. The zero-order valence-electron chi connectivity index (χ0n) is 60.2. The van der Waals surface area contributed by atoms with Gasteiger partial charge in [-0.25, -0.2) is 9.13 Å². The van der Waals surface area contributed by atoms with Gasteiger partial charge < -0.3 is 33.8 Å². The summed E-state index contributed by atoms with van der Waals surface area (Å²) in [4.78, 5) is 72.6. The smallest absolute Gasteiger partial charge is 0.462 e. The molecule has 0 saturated carbocycles. The second kappa shape index (κ2) is 62.6. The van der Waals surface area contributed by atoms with Crippen molar-refractivity contribution in [3.05, 3.63) is 0 Å². The van der Waals surface area contributed by atoms with E-state index in [-0.39, 0.29) is 25.7 Å². The summed E-state index contributed by atoms with van der Waals surface area (Å²) in [7, 11) is -9.91. The number of hydrogen-bond donors (Lipinski definition) is 3. The van der Waals surface area contributed by atoms with E-state index in [2.05, 4.69) is 55.4 Å². The molecule has 4 unspecified atom stereocenters. The number of carbonyl (C=O) groups excluding carboxylic acids is 4. The first-order valence-corrected chi connectivity index (χ1v) is 40.7. The van der Waals surface area contributed by atoms with Gasteiger partial charge in [-0.1, -0.05) is 312 Å². The van der Waals surface area contributed by atoms with E-state index in [9.17, 15) is 43.2 Å². The first-order valence-electron chi connectivity index (χ1n) is 37.7. The number of esters is 4. The molecule has 0 spiro atoms. The Morgan fingerprint density at radius 3 is 0.772 bits per heavy atom. The molecule has 0 aliphatic heterocycles.